The molecule has 1 unspecified atom stereocenters. The lowest BCUT2D eigenvalue weighted by molar-refractivity contribution is -0.0208. The van der Waals surface area contributed by atoms with Gasteiger partial charge in [-0.2, -0.15) is 4.98 Å². The number of fused-ring (bicyclic) bond motifs is 1. The van der Waals surface area contributed by atoms with Crippen molar-refractivity contribution in [2.75, 3.05) is 64.9 Å². The molecule has 5 heterocycles. The highest BCUT2D eigenvalue weighted by molar-refractivity contribution is 5.95. The van der Waals surface area contributed by atoms with Crippen molar-refractivity contribution in [3.05, 3.63) is 64.8 Å². The van der Waals surface area contributed by atoms with Crippen LogP contribution in [-0.4, -0.2) is 106 Å². The van der Waals surface area contributed by atoms with E-state index in [0.717, 1.165) is 50.3 Å². The predicted molar refractivity (Wildman–Crippen MR) is 165 cm³/mol. The number of nitrogens with zero attached hydrogens (tertiary/aromatic N) is 7. The number of anilines is 2. The maximum atomic E-state index is 14.0. The van der Waals surface area contributed by atoms with E-state index in [1.807, 2.05) is 12.1 Å². The molecule has 43 heavy (non-hydrogen) atoms. The fourth-order valence-electron chi connectivity index (χ4n) is 5.46. The summed E-state index contributed by atoms with van der Waals surface area (Å²) < 4.78 is 14.6. The topological polar surface area (TPSA) is 150 Å². The fraction of sp³-hybridized carbons (Fsp3) is 0.400. The van der Waals surface area contributed by atoms with Gasteiger partial charge in [0.1, 0.15) is 11.5 Å². The maximum absolute atomic E-state index is 14.0. The summed E-state index contributed by atoms with van der Waals surface area (Å²) in [5, 5.41) is 19.7. The SMILES string of the molecule is CN1CCOC(c2ccc(Nc3ncc4cc(-c5nccn5C(=N)CC=N)c(=O)n(CCN5CCOCC5)c4n3)cc2)C1. The molecule has 6 rings (SSSR count). The Kier molecular flexibility index (Phi) is 8.65. The van der Waals surface area contributed by atoms with Gasteiger partial charge in [-0.15, -0.1) is 0 Å². The highest BCUT2D eigenvalue weighted by atomic mass is 16.5. The molecule has 224 valence electrons. The highest BCUT2D eigenvalue weighted by Crippen LogP contribution is 2.25. The van der Waals surface area contributed by atoms with E-state index in [4.69, 9.17) is 25.3 Å². The van der Waals surface area contributed by atoms with Crippen molar-refractivity contribution < 1.29 is 9.47 Å². The Morgan fingerprint density at radius 1 is 1.12 bits per heavy atom. The van der Waals surface area contributed by atoms with Crippen LogP contribution >= 0.6 is 0 Å². The van der Waals surface area contributed by atoms with E-state index in [2.05, 4.69) is 44.3 Å². The minimum absolute atomic E-state index is 0.0456. The summed E-state index contributed by atoms with van der Waals surface area (Å²) in [6.07, 6.45) is 6.23. The maximum Gasteiger partial charge on any atom is 0.263 e. The van der Waals surface area contributed by atoms with Gasteiger partial charge in [-0.25, -0.2) is 9.97 Å². The first kappa shape index (κ1) is 28.8. The Labute approximate surface area is 249 Å². The number of rotatable bonds is 9. The van der Waals surface area contributed by atoms with Crippen LogP contribution in [0.15, 0.2) is 53.7 Å². The Morgan fingerprint density at radius 3 is 2.70 bits per heavy atom. The van der Waals surface area contributed by atoms with Crippen molar-refractivity contribution >= 4 is 34.7 Å². The number of morpholine rings is 2. The van der Waals surface area contributed by atoms with Gasteiger partial charge in [0.05, 0.1) is 31.5 Å². The summed E-state index contributed by atoms with van der Waals surface area (Å²) in [4.78, 5) is 32.3. The van der Waals surface area contributed by atoms with Gasteiger partial charge in [0.25, 0.3) is 5.56 Å². The van der Waals surface area contributed by atoms with E-state index in [1.54, 1.807) is 29.2 Å². The van der Waals surface area contributed by atoms with Crippen LogP contribution in [0.3, 0.4) is 0 Å². The summed E-state index contributed by atoms with van der Waals surface area (Å²) in [6.45, 7) is 6.53. The van der Waals surface area contributed by atoms with Crippen molar-refractivity contribution in [3.8, 4) is 11.4 Å². The molecule has 1 atom stereocenters. The van der Waals surface area contributed by atoms with Crippen molar-refractivity contribution in [2.24, 2.45) is 0 Å². The van der Waals surface area contributed by atoms with Gasteiger partial charge in [-0.05, 0) is 30.8 Å². The Morgan fingerprint density at radius 2 is 1.93 bits per heavy atom. The van der Waals surface area contributed by atoms with Gasteiger partial charge in [0, 0.05) is 81.6 Å². The summed E-state index contributed by atoms with van der Waals surface area (Å²) in [6, 6.07) is 9.81. The van der Waals surface area contributed by atoms with Gasteiger partial charge >= 0.3 is 0 Å². The average Bonchev–Trinajstić information content (AvgIpc) is 3.52. The van der Waals surface area contributed by atoms with E-state index in [-0.39, 0.29) is 23.9 Å². The second-order valence-corrected chi connectivity index (χ2v) is 10.8. The van der Waals surface area contributed by atoms with Crippen molar-refractivity contribution in [1.82, 2.24) is 33.9 Å². The summed E-state index contributed by atoms with van der Waals surface area (Å²) in [5.41, 5.74) is 2.57. The van der Waals surface area contributed by atoms with Crippen LogP contribution in [0.1, 0.15) is 18.1 Å². The van der Waals surface area contributed by atoms with E-state index < -0.39 is 0 Å². The largest absolute Gasteiger partial charge is 0.379 e. The van der Waals surface area contributed by atoms with Gasteiger partial charge in [0.2, 0.25) is 5.95 Å². The molecule has 0 saturated carbocycles. The van der Waals surface area contributed by atoms with Crippen LogP contribution in [0, 0.1) is 10.8 Å². The standard InChI is InChI=1S/C30H36N10O3/c1-37-12-17-43-25(20-37)21-2-4-23(5-3-21)35-30-34-19-22-18-24(28-33-8-9-39(28)26(32)6-7-31)29(41)40(27(22)36-30)11-10-38-13-15-42-16-14-38/h2-5,7-9,18-19,25,31-32H,6,10-17,20H2,1H3,(H,34,35,36). The molecule has 4 aromatic rings. The number of likely N-dealkylation sites (N-methyl/N-ethyl adjacent to an activating group) is 1. The second-order valence-electron chi connectivity index (χ2n) is 10.8. The smallest absolute Gasteiger partial charge is 0.263 e. The van der Waals surface area contributed by atoms with Crippen LogP contribution < -0.4 is 10.9 Å². The molecule has 2 fully saturated rings. The van der Waals surface area contributed by atoms with Crippen molar-refractivity contribution in [1.29, 1.82) is 10.8 Å². The summed E-state index contributed by atoms with van der Waals surface area (Å²) in [5.74, 6) is 0.899. The number of benzene rings is 1. The van der Waals surface area contributed by atoms with Crippen molar-refractivity contribution in [3.63, 3.8) is 0 Å². The van der Waals surface area contributed by atoms with Gasteiger partial charge in [-0.3, -0.25) is 24.2 Å². The number of ether oxygens (including phenoxy) is 2. The van der Waals surface area contributed by atoms with Crippen LogP contribution in [0.5, 0.6) is 0 Å². The molecule has 3 aromatic heterocycles. The molecule has 2 aliphatic heterocycles. The average molecular weight is 585 g/mol. The van der Waals surface area contributed by atoms with Crippen LogP contribution in [-0.2, 0) is 16.0 Å². The molecule has 0 bridgehead atoms. The van der Waals surface area contributed by atoms with Crippen LogP contribution in [0.2, 0.25) is 0 Å². The summed E-state index contributed by atoms with van der Waals surface area (Å²) in [7, 11) is 2.10. The zero-order valence-corrected chi connectivity index (χ0v) is 24.2. The van der Waals surface area contributed by atoms with Crippen molar-refractivity contribution in [2.45, 2.75) is 19.1 Å². The quantitative estimate of drug-likeness (QED) is 0.199. The Bertz CT molecular complexity index is 1660. The molecule has 0 aliphatic carbocycles. The zero-order chi connectivity index (χ0) is 29.8. The first-order valence-electron chi connectivity index (χ1n) is 14.5. The lowest BCUT2D eigenvalue weighted by atomic mass is 10.1. The van der Waals surface area contributed by atoms with Gasteiger partial charge < -0.3 is 25.1 Å². The lowest BCUT2D eigenvalue weighted by Gasteiger charge is -2.30. The highest BCUT2D eigenvalue weighted by Gasteiger charge is 2.21. The number of hydrogen-bond acceptors (Lipinski definition) is 11. The third kappa shape index (κ3) is 6.39. The monoisotopic (exact) mass is 584 g/mol. The Hall–Kier alpha value is -4.30. The minimum atomic E-state index is -0.248. The van der Waals surface area contributed by atoms with Crippen LogP contribution in [0.4, 0.5) is 11.6 Å². The van der Waals surface area contributed by atoms with E-state index in [0.29, 0.717) is 54.7 Å². The number of hydrogen-bond donors (Lipinski definition) is 3. The molecular weight excluding hydrogens is 548 g/mol. The van der Waals surface area contributed by atoms with E-state index in [9.17, 15) is 4.79 Å². The first-order valence-corrected chi connectivity index (χ1v) is 14.5. The number of imidazole rings is 1. The zero-order valence-electron chi connectivity index (χ0n) is 24.2. The molecule has 2 saturated heterocycles. The Balaban J connectivity index is 1.33. The molecule has 13 nitrogen and oxygen atoms in total. The molecule has 3 N–H and O–H groups in total. The normalized spacial score (nSPS) is 18.1. The van der Waals surface area contributed by atoms with E-state index >= 15 is 0 Å². The number of aromatic nitrogens is 5. The molecule has 1 aromatic carbocycles. The molecular formula is C30H36N10O3. The predicted octanol–water partition coefficient (Wildman–Crippen LogP) is 2.60. The fourth-order valence-corrected chi connectivity index (χ4v) is 5.46. The molecule has 0 spiro atoms. The lowest BCUT2D eigenvalue weighted by Crippen LogP contribution is -2.39. The first-order chi connectivity index (χ1) is 21.0. The number of pyridine rings is 1. The molecule has 0 amide bonds. The molecule has 0 radical (unpaired) electrons. The van der Waals surface area contributed by atoms with E-state index in [1.165, 1.54) is 4.57 Å². The number of nitrogens with one attached hydrogen (secondary N) is 3. The van der Waals surface area contributed by atoms with Crippen LogP contribution in [0.25, 0.3) is 22.4 Å². The molecule has 13 heteroatoms. The van der Waals surface area contributed by atoms with Gasteiger partial charge in [-0.1, -0.05) is 12.1 Å². The third-order valence-corrected chi connectivity index (χ3v) is 7.85. The third-order valence-electron chi connectivity index (χ3n) is 7.85. The minimum Gasteiger partial charge on any atom is -0.379 e. The second kappa shape index (κ2) is 12.9. The summed E-state index contributed by atoms with van der Waals surface area (Å²) >= 11 is 0. The molecule has 2 aliphatic rings. The van der Waals surface area contributed by atoms with Gasteiger partial charge in [0.15, 0.2) is 5.82 Å².